The lowest BCUT2D eigenvalue weighted by Gasteiger charge is -2.21. The first kappa shape index (κ1) is 23.1. The molecular formula is C21H19F3N2O6. The van der Waals surface area contributed by atoms with Crippen LogP contribution in [0.3, 0.4) is 0 Å². The van der Waals surface area contributed by atoms with Gasteiger partial charge in [-0.15, -0.1) is 0 Å². The number of amides is 2. The maximum atomic E-state index is 12.9. The summed E-state index contributed by atoms with van der Waals surface area (Å²) in [5.74, 6) is -2.28. The Hall–Kier alpha value is -3.60. The number of likely N-dealkylation sites (tertiary alicyclic amines) is 1. The number of carbonyl (C=O) groups excluding carboxylic acids is 2. The van der Waals surface area contributed by atoms with Crippen LogP contribution in [0.1, 0.15) is 16.8 Å². The molecule has 170 valence electrons. The van der Waals surface area contributed by atoms with Gasteiger partial charge in [0, 0.05) is 18.5 Å². The van der Waals surface area contributed by atoms with Gasteiger partial charge in [0.05, 0.1) is 12.6 Å². The van der Waals surface area contributed by atoms with Gasteiger partial charge in [0.25, 0.3) is 5.91 Å². The van der Waals surface area contributed by atoms with E-state index in [1.807, 2.05) is 0 Å². The Morgan fingerprint density at radius 2 is 1.66 bits per heavy atom. The molecule has 2 N–H and O–H groups in total. The number of benzene rings is 2. The van der Waals surface area contributed by atoms with E-state index >= 15 is 0 Å². The third-order valence-corrected chi connectivity index (χ3v) is 4.73. The minimum Gasteiger partial charge on any atom is -0.480 e. The van der Waals surface area contributed by atoms with Crippen LogP contribution in [-0.2, 0) is 14.3 Å². The van der Waals surface area contributed by atoms with Crippen molar-refractivity contribution in [1.82, 2.24) is 10.2 Å². The van der Waals surface area contributed by atoms with Crippen molar-refractivity contribution in [2.75, 3.05) is 13.1 Å². The van der Waals surface area contributed by atoms with Crippen molar-refractivity contribution >= 4 is 17.8 Å². The summed E-state index contributed by atoms with van der Waals surface area (Å²) >= 11 is 0. The van der Waals surface area contributed by atoms with Crippen LogP contribution in [0.5, 0.6) is 11.5 Å². The number of hydrogen-bond acceptors (Lipinski definition) is 5. The van der Waals surface area contributed by atoms with Crippen molar-refractivity contribution in [2.24, 2.45) is 0 Å². The van der Waals surface area contributed by atoms with E-state index in [0.717, 1.165) is 4.90 Å². The summed E-state index contributed by atoms with van der Waals surface area (Å²) in [5, 5.41) is 11.6. The van der Waals surface area contributed by atoms with Crippen LogP contribution in [-0.4, -0.2) is 59.6 Å². The number of hydrogen-bond donors (Lipinski definition) is 2. The maximum Gasteiger partial charge on any atom is 0.345 e. The number of halogens is 3. The molecule has 1 aliphatic rings. The van der Waals surface area contributed by atoms with E-state index in [4.69, 9.17) is 4.74 Å². The van der Waals surface area contributed by atoms with E-state index in [1.54, 1.807) is 0 Å². The van der Waals surface area contributed by atoms with Gasteiger partial charge in [0.2, 0.25) is 5.91 Å². The van der Waals surface area contributed by atoms with Crippen molar-refractivity contribution in [1.29, 1.82) is 0 Å². The van der Waals surface area contributed by atoms with Crippen molar-refractivity contribution in [3.63, 3.8) is 0 Å². The molecule has 32 heavy (non-hydrogen) atoms. The highest BCUT2D eigenvalue weighted by Crippen LogP contribution is 2.23. The van der Waals surface area contributed by atoms with Crippen molar-refractivity contribution in [3.8, 4) is 11.5 Å². The molecule has 0 aromatic heterocycles. The lowest BCUT2D eigenvalue weighted by atomic mass is 10.2. The van der Waals surface area contributed by atoms with Crippen LogP contribution in [0.2, 0.25) is 0 Å². The molecular weight excluding hydrogens is 433 g/mol. The number of nitrogens with one attached hydrogen (secondary N) is 1. The molecule has 0 saturated carbocycles. The molecule has 1 heterocycles. The second-order valence-corrected chi connectivity index (χ2v) is 6.92. The Labute approximate surface area is 180 Å². The predicted octanol–water partition coefficient (Wildman–Crippen LogP) is 2.64. The number of carboxylic acid groups (broad SMARTS) is 1. The predicted molar refractivity (Wildman–Crippen MR) is 104 cm³/mol. The van der Waals surface area contributed by atoms with E-state index in [1.165, 1.54) is 48.5 Å². The van der Waals surface area contributed by atoms with Crippen molar-refractivity contribution < 1.29 is 42.1 Å². The molecule has 2 atom stereocenters. The molecule has 0 unspecified atom stereocenters. The SMILES string of the molecule is O=C(NCC(=O)N1C[C@H](OC(F)F)C[C@H]1C(=O)O)c1ccc(Oc2ccc(F)cc2)cc1. The normalized spacial score (nSPS) is 17.9. The van der Waals surface area contributed by atoms with Crippen LogP contribution in [0, 0.1) is 5.82 Å². The van der Waals surface area contributed by atoms with Crippen molar-refractivity contribution in [2.45, 2.75) is 25.2 Å². The van der Waals surface area contributed by atoms with Crippen LogP contribution in [0.15, 0.2) is 48.5 Å². The summed E-state index contributed by atoms with van der Waals surface area (Å²) in [6.07, 6.45) is -1.38. The fraction of sp³-hybridized carbons (Fsp3) is 0.286. The van der Waals surface area contributed by atoms with Crippen LogP contribution in [0.25, 0.3) is 0 Å². The summed E-state index contributed by atoms with van der Waals surface area (Å²) in [4.78, 5) is 36.9. The lowest BCUT2D eigenvalue weighted by molar-refractivity contribution is -0.160. The van der Waals surface area contributed by atoms with Gasteiger partial charge >= 0.3 is 12.6 Å². The highest BCUT2D eigenvalue weighted by atomic mass is 19.3. The van der Waals surface area contributed by atoms with Gasteiger partial charge in [0.15, 0.2) is 0 Å². The summed E-state index contributed by atoms with van der Waals surface area (Å²) in [7, 11) is 0. The summed E-state index contributed by atoms with van der Waals surface area (Å²) in [6.45, 7) is -3.91. The summed E-state index contributed by atoms with van der Waals surface area (Å²) < 4.78 is 47.6. The average Bonchev–Trinajstić information content (AvgIpc) is 3.17. The fourth-order valence-corrected chi connectivity index (χ4v) is 3.22. The Balaban J connectivity index is 1.54. The molecule has 1 aliphatic heterocycles. The highest BCUT2D eigenvalue weighted by molar-refractivity contribution is 5.97. The number of nitrogens with zero attached hydrogens (tertiary/aromatic N) is 1. The number of carboxylic acids is 1. The van der Waals surface area contributed by atoms with Gasteiger partial charge in [-0.2, -0.15) is 8.78 Å². The van der Waals surface area contributed by atoms with Crippen LogP contribution >= 0.6 is 0 Å². The zero-order valence-electron chi connectivity index (χ0n) is 16.5. The molecule has 1 fully saturated rings. The minimum absolute atomic E-state index is 0.208. The van der Waals surface area contributed by atoms with E-state index in [9.17, 15) is 32.7 Å². The van der Waals surface area contributed by atoms with E-state index in [0.29, 0.717) is 11.5 Å². The van der Waals surface area contributed by atoms with Gasteiger partial charge in [-0.05, 0) is 48.5 Å². The third kappa shape index (κ3) is 5.97. The number of ether oxygens (including phenoxy) is 2. The van der Waals surface area contributed by atoms with Gasteiger partial charge in [0.1, 0.15) is 23.4 Å². The summed E-state index contributed by atoms with van der Waals surface area (Å²) in [6, 6.07) is 9.97. The fourth-order valence-electron chi connectivity index (χ4n) is 3.22. The molecule has 0 bridgehead atoms. The molecule has 0 aliphatic carbocycles. The van der Waals surface area contributed by atoms with Gasteiger partial charge in [-0.3, -0.25) is 9.59 Å². The van der Waals surface area contributed by atoms with Crippen molar-refractivity contribution in [3.05, 3.63) is 59.9 Å². The van der Waals surface area contributed by atoms with E-state index in [-0.39, 0.29) is 18.5 Å². The molecule has 2 aromatic rings. The molecule has 11 heteroatoms. The monoisotopic (exact) mass is 452 g/mol. The Kier molecular flexibility index (Phi) is 7.31. The molecule has 2 aromatic carbocycles. The second kappa shape index (κ2) is 10.1. The number of aliphatic carboxylic acids is 1. The zero-order valence-corrected chi connectivity index (χ0v) is 16.5. The lowest BCUT2D eigenvalue weighted by Crippen LogP contribution is -2.45. The Morgan fingerprint density at radius 3 is 2.22 bits per heavy atom. The van der Waals surface area contributed by atoms with Crippen LogP contribution in [0.4, 0.5) is 13.2 Å². The standard InChI is InChI=1S/C21H19F3N2O6/c22-13-3-7-15(8-4-13)31-14-5-1-12(2-6-14)19(28)25-10-18(27)26-11-16(32-21(23)24)9-17(26)20(29)30/h1-8,16-17,21H,9-11H2,(H,25,28)(H,29,30)/t16-,17+/m1/s1. The van der Waals surface area contributed by atoms with Gasteiger partial charge in [-0.1, -0.05) is 0 Å². The largest absolute Gasteiger partial charge is 0.480 e. The molecule has 2 amide bonds. The first-order chi connectivity index (χ1) is 15.2. The first-order valence-corrected chi connectivity index (χ1v) is 9.50. The second-order valence-electron chi connectivity index (χ2n) is 6.92. The third-order valence-electron chi connectivity index (χ3n) is 4.73. The minimum atomic E-state index is -3.08. The molecule has 3 rings (SSSR count). The first-order valence-electron chi connectivity index (χ1n) is 9.50. The number of alkyl halides is 2. The Morgan fingerprint density at radius 1 is 1.06 bits per heavy atom. The van der Waals surface area contributed by atoms with E-state index in [2.05, 4.69) is 10.1 Å². The zero-order chi connectivity index (χ0) is 23.3. The molecule has 0 spiro atoms. The number of rotatable bonds is 8. The highest BCUT2D eigenvalue weighted by Gasteiger charge is 2.41. The summed E-state index contributed by atoms with van der Waals surface area (Å²) in [5.41, 5.74) is 0.208. The topological polar surface area (TPSA) is 105 Å². The van der Waals surface area contributed by atoms with Gasteiger partial charge < -0.3 is 24.8 Å². The number of carbonyl (C=O) groups is 3. The maximum absolute atomic E-state index is 12.9. The Bertz CT molecular complexity index is 969. The quantitative estimate of drug-likeness (QED) is 0.638. The molecule has 1 saturated heterocycles. The molecule has 8 nitrogen and oxygen atoms in total. The van der Waals surface area contributed by atoms with E-state index < -0.39 is 48.9 Å². The average molecular weight is 452 g/mol. The molecule has 0 radical (unpaired) electrons. The van der Waals surface area contributed by atoms with Crippen LogP contribution < -0.4 is 10.1 Å². The smallest absolute Gasteiger partial charge is 0.345 e. The van der Waals surface area contributed by atoms with Gasteiger partial charge in [-0.25, -0.2) is 9.18 Å².